The summed E-state index contributed by atoms with van der Waals surface area (Å²) in [4.78, 5) is 0. The van der Waals surface area contributed by atoms with Crippen LogP contribution in [0.15, 0.2) is 24.9 Å². The summed E-state index contributed by atoms with van der Waals surface area (Å²) < 4.78 is 0. The third-order valence-electron chi connectivity index (χ3n) is 0.907. The van der Waals surface area contributed by atoms with Gasteiger partial charge in [0.05, 0.1) is 11.9 Å². The van der Waals surface area contributed by atoms with Gasteiger partial charge in [-0.1, -0.05) is 6.08 Å². The molecule has 45 valence electrons. The second-order valence-corrected chi connectivity index (χ2v) is 1.62. The molecule has 0 aliphatic carbocycles. The molecule has 0 atom stereocenters. The maximum atomic E-state index is 3.79. The zero-order chi connectivity index (χ0) is 6.53. The predicted molar refractivity (Wildman–Crippen MR) is 34.8 cm³/mol. The van der Waals surface area contributed by atoms with E-state index in [1.165, 1.54) is 0 Å². The van der Waals surface area contributed by atoms with Crippen LogP contribution in [0.3, 0.4) is 0 Å². The molecule has 1 aromatic rings. The lowest BCUT2D eigenvalue weighted by Gasteiger charge is -1.87. The minimum atomic E-state index is 0.744. The maximum Gasteiger partial charge on any atom is 0.0747 e. The molecule has 0 aliphatic rings. The molecule has 1 radical (unpaired) electrons. The second-order valence-electron chi connectivity index (χ2n) is 1.62. The van der Waals surface area contributed by atoms with Crippen LogP contribution in [-0.4, -0.2) is 10.2 Å². The average Bonchev–Trinajstić information content (AvgIpc) is 1.91. The van der Waals surface area contributed by atoms with Gasteiger partial charge in [0.15, 0.2) is 0 Å². The van der Waals surface area contributed by atoms with E-state index in [-0.39, 0.29) is 0 Å². The summed E-state index contributed by atoms with van der Waals surface area (Å²) in [6, 6.07) is 4.67. The van der Waals surface area contributed by atoms with Gasteiger partial charge >= 0.3 is 0 Å². The zero-order valence-corrected chi connectivity index (χ0v) is 5.04. The van der Waals surface area contributed by atoms with E-state index >= 15 is 0 Å². The number of hydrogen-bond acceptors (Lipinski definition) is 2. The van der Waals surface area contributed by atoms with Gasteiger partial charge in [0.1, 0.15) is 0 Å². The minimum absolute atomic E-state index is 0.744. The molecule has 0 bridgehead atoms. The number of rotatable bonds is 2. The molecule has 0 saturated heterocycles. The standard InChI is InChI=1S/C7H7N2/c1-2-4-7-5-3-6-8-9-7/h2-3,6H,1,4H2. The highest BCUT2D eigenvalue weighted by molar-refractivity contribution is 5.00. The van der Waals surface area contributed by atoms with Gasteiger partial charge in [-0.25, -0.2) is 0 Å². The van der Waals surface area contributed by atoms with Crippen molar-refractivity contribution in [1.82, 2.24) is 10.2 Å². The highest BCUT2D eigenvalue weighted by Crippen LogP contribution is 1.89. The molecule has 0 amide bonds. The molecule has 0 spiro atoms. The molecule has 1 rings (SSSR count). The quantitative estimate of drug-likeness (QED) is 0.543. The Bertz CT molecular complexity index is 181. The zero-order valence-electron chi connectivity index (χ0n) is 5.04. The molecule has 9 heavy (non-hydrogen) atoms. The Kier molecular flexibility index (Phi) is 1.96. The van der Waals surface area contributed by atoms with Crippen LogP contribution in [0.1, 0.15) is 5.69 Å². The molecule has 0 N–H and O–H groups in total. The summed E-state index contributed by atoms with van der Waals surface area (Å²) in [6.45, 7) is 3.57. The Morgan fingerprint density at radius 1 is 1.78 bits per heavy atom. The van der Waals surface area contributed by atoms with Gasteiger partial charge in [-0.3, -0.25) is 0 Å². The van der Waals surface area contributed by atoms with E-state index in [4.69, 9.17) is 0 Å². The van der Waals surface area contributed by atoms with Gasteiger partial charge in [0.2, 0.25) is 0 Å². The molecular formula is C7H7N2. The lowest BCUT2D eigenvalue weighted by Crippen LogP contribution is -1.87. The van der Waals surface area contributed by atoms with Crippen molar-refractivity contribution in [2.24, 2.45) is 0 Å². The first kappa shape index (κ1) is 5.95. The molecule has 0 saturated carbocycles. The van der Waals surface area contributed by atoms with Crippen LogP contribution >= 0.6 is 0 Å². The average molecular weight is 119 g/mol. The molecule has 2 heteroatoms. The largest absolute Gasteiger partial charge is 0.159 e. The molecule has 1 heterocycles. The minimum Gasteiger partial charge on any atom is -0.159 e. The molecule has 2 nitrogen and oxygen atoms in total. The van der Waals surface area contributed by atoms with Crippen molar-refractivity contribution in [2.45, 2.75) is 6.42 Å². The molecule has 0 aromatic carbocycles. The van der Waals surface area contributed by atoms with Crippen molar-refractivity contribution < 1.29 is 0 Å². The summed E-state index contributed by atoms with van der Waals surface area (Å²) >= 11 is 0. The van der Waals surface area contributed by atoms with E-state index < -0.39 is 0 Å². The Morgan fingerprint density at radius 2 is 2.67 bits per heavy atom. The smallest absolute Gasteiger partial charge is 0.0747 e. The van der Waals surface area contributed by atoms with Gasteiger partial charge in [0, 0.05) is 12.5 Å². The number of aromatic nitrogens is 2. The monoisotopic (exact) mass is 119 g/mol. The Morgan fingerprint density at radius 3 is 3.22 bits per heavy atom. The van der Waals surface area contributed by atoms with E-state index in [2.05, 4.69) is 22.8 Å². The first-order valence-electron chi connectivity index (χ1n) is 2.72. The first-order chi connectivity index (χ1) is 4.43. The Labute approximate surface area is 54.2 Å². The van der Waals surface area contributed by atoms with Gasteiger partial charge in [-0.15, -0.1) is 6.58 Å². The Hall–Kier alpha value is -1.18. The maximum absolute atomic E-state index is 3.79. The molecule has 0 unspecified atom stereocenters. The number of allylic oxidation sites excluding steroid dienone is 1. The van der Waals surface area contributed by atoms with Crippen LogP contribution in [0.2, 0.25) is 0 Å². The fourth-order valence-corrected chi connectivity index (χ4v) is 0.535. The third kappa shape index (κ3) is 1.64. The normalized spacial score (nSPS) is 8.89. The lowest BCUT2D eigenvalue weighted by atomic mass is 10.3. The SMILES string of the molecule is C=CCc1[c]ccnn1. The highest BCUT2D eigenvalue weighted by Gasteiger charge is 1.86. The first-order valence-corrected chi connectivity index (χ1v) is 2.72. The summed E-state index contributed by atoms with van der Waals surface area (Å²) in [7, 11) is 0. The highest BCUT2D eigenvalue weighted by atomic mass is 15.1. The van der Waals surface area contributed by atoms with Gasteiger partial charge in [0.25, 0.3) is 0 Å². The molecule has 0 fully saturated rings. The Balaban J connectivity index is 2.72. The van der Waals surface area contributed by atoms with Crippen LogP contribution in [0.25, 0.3) is 0 Å². The number of nitrogens with zero attached hydrogens (tertiary/aromatic N) is 2. The van der Waals surface area contributed by atoms with Crippen LogP contribution in [0, 0.1) is 6.07 Å². The van der Waals surface area contributed by atoms with Crippen molar-refractivity contribution in [1.29, 1.82) is 0 Å². The second kappa shape index (κ2) is 2.97. The van der Waals surface area contributed by atoms with Crippen LogP contribution in [0.5, 0.6) is 0 Å². The summed E-state index contributed by atoms with van der Waals surface area (Å²) in [5.41, 5.74) is 0.840. The summed E-state index contributed by atoms with van der Waals surface area (Å²) in [5.74, 6) is 0. The summed E-state index contributed by atoms with van der Waals surface area (Å²) in [6.07, 6.45) is 4.13. The van der Waals surface area contributed by atoms with E-state index in [0.717, 1.165) is 12.1 Å². The third-order valence-corrected chi connectivity index (χ3v) is 0.907. The molecule has 0 aliphatic heterocycles. The van der Waals surface area contributed by atoms with E-state index in [1.54, 1.807) is 18.3 Å². The predicted octanol–water partition coefficient (Wildman–Crippen LogP) is 1.01. The van der Waals surface area contributed by atoms with Crippen molar-refractivity contribution in [3.8, 4) is 0 Å². The lowest BCUT2D eigenvalue weighted by molar-refractivity contribution is 0.946. The van der Waals surface area contributed by atoms with Gasteiger partial charge < -0.3 is 0 Å². The number of hydrogen-bond donors (Lipinski definition) is 0. The fraction of sp³-hybridized carbons (Fsp3) is 0.143. The van der Waals surface area contributed by atoms with Crippen LogP contribution < -0.4 is 0 Å². The van der Waals surface area contributed by atoms with E-state index in [9.17, 15) is 0 Å². The van der Waals surface area contributed by atoms with Gasteiger partial charge in [-0.05, 0) is 6.07 Å². The van der Waals surface area contributed by atoms with Gasteiger partial charge in [-0.2, -0.15) is 10.2 Å². The van der Waals surface area contributed by atoms with E-state index in [0.29, 0.717) is 0 Å². The molecule has 1 aromatic heterocycles. The molecular weight excluding hydrogens is 112 g/mol. The van der Waals surface area contributed by atoms with Crippen molar-refractivity contribution in [2.75, 3.05) is 0 Å². The van der Waals surface area contributed by atoms with E-state index in [1.807, 2.05) is 0 Å². The van der Waals surface area contributed by atoms with Crippen LogP contribution in [-0.2, 0) is 6.42 Å². The van der Waals surface area contributed by atoms with Crippen molar-refractivity contribution in [3.63, 3.8) is 0 Å². The van der Waals surface area contributed by atoms with Crippen LogP contribution in [0.4, 0.5) is 0 Å². The van der Waals surface area contributed by atoms with Crippen molar-refractivity contribution >= 4 is 0 Å². The fourth-order valence-electron chi connectivity index (χ4n) is 0.535. The summed E-state index contributed by atoms with van der Waals surface area (Å²) in [5, 5.41) is 7.47. The topological polar surface area (TPSA) is 25.8 Å². The van der Waals surface area contributed by atoms with Crippen molar-refractivity contribution in [3.05, 3.63) is 36.7 Å².